The van der Waals surface area contributed by atoms with E-state index in [1.54, 1.807) is 29.9 Å². The van der Waals surface area contributed by atoms with E-state index in [0.29, 0.717) is 44.0 Å². The number of aromatic nitrogens is 3. The van der Waals surface area contributed by atoms with E-state index in [2.05, 4.69) is 31.5 Å². The summed E-state index contributed by atoms with van der Waals surface area (Å²) in [6, 6.07) is 10.9. The van der Waals surface area contributed by atoms with Crippen molar-refractivity contribution in [1.29, 1.82) is 0 Å². The van der Waals surface area contributed by atoms with Crippen LogP contribution in [0.4, 0.5) is 10.2 Å². The number of ether oxygens (including phenoxy) is 1. The summed E-state index contributed by atoms with van der Waals surface area (Å²) in [4.78, 5) is 12.9. The predicted octanol–water partition coefficient (Wildman–Crippen LogP) is 6.27. The number of carbonyl (C=O) groups is 1. The molecule has 0 unspecified atom stereocenters. The van der Waals surface area contributed by atoms with Gasteiger partial charge in [0.25, 0.3) is 5.91 Å². The Morgan fingerprint density at radius 2 is 1.97 bits per heavy atom. The fourth-order valence-corrected chi connectivity index (χ4v) is 3.72. The number of hydrogen-bond donors (Lipinski definition) is 1. The number of rotatable bonds is 7. The van der Waals surface area contributed by atoms with Crippen molar-refractivity contribution < 1.29 is 18.4 Å². The highest BCUT2D eigenvalue weighted by Gasteiger charge is 2.22. The number of amides is 1. The van der Waals surface area contributed by atoms with E-state index in [0.717, 1.165) is 5.56 Å². The Labute approximate surface area is 206 Å². The Morgan fingerprint density at radius 1 is 1.21 bits per heavy atom. The molecule has 0 saturated heterocycles. The van der Waals surface area contributed by atoms with Gasteiger partial charge in [-0.1, -0.05) is 34.4 Å². The summed E-state index contributed by atoms with van der Waals surface area (Å²) in [5, 5.41) is 11.9. The molecule has 0 fully saturated rings. The van der Waals surface area contributed by atoms with Gasteiger partial charge in [0.2, 0.25) is 0 Å². The lowest BCUT2D eigenvalue weighted by molar-refractivity contribution is 0.101. The van der Waals surface area contributed by atoms with Crippen molar-refractivity contribution in [3.63, 3.8) is 0 Å². The van der Waals surface area contributed by atoms with Gasteiger partial charge in [-0.15, -0.1) is 0 Å². The summed E-state index contributed by atoms with van der Waals surface area (Å²) in [5.41, 5.74) is 1.44. The van der Waals surface area contributed by atoms with Crippen LogP contribution in [0.5, 0.6) is 5.75 Å². The zero-order chi connectivity index (χ0) is 23.5. The summed E-state index contributed by atoms with van der Waals surface area (Å²) in [5.74, 6) is 0.322. The minimum Gasteiger partial charge on any atom is -0.489 e. The molecule has 0 aliphatic carbocycles. The van der Waals surface area contributed by atoms with Crippen LogP contribution in [0.1, 0.15) is 27.4 Å². The third-order valence-electron chi connectivity index (χ3n) is 4.67. The van der Waals surface area contributed by atoms with Gasteiger partial charge in [-0.2, -0.15) is 5.10 Å². The van der Waals surface area contributed by atoms with Crippen molar-refractivity contribution >= 4 is 50.9 Å². The Bertz CT molecular complexity index is 1310. The van der Waals surface area contributed by atoms with Gasteiger partial charge in [0, 0.05) is 6.20 Å². The van der Waals surface area contributed by atoms with E-state index in [-0.39, 0.29) is 18.1 Å². The van der Waals surface area contributed by atoms with E-state index in [4.69, 9.17) is 32.5 Å². The van der Waals surface area contributed by atoms with Crippen LogP contribution in [0.2, 0.25) is 10.0 Å². The Morgan fingerprint density at radius 3 is 2.70 bits per heavy atom. The molecule has 0 aliphatic rings. The van der Waals surface area contributed by atoms with Crippen LogP contribution in [-0.4, -0.2) is 20.8 Å². The maximum absolute atomic E-state index is 13.1. The van der Waals surface area contributed by atoms with Crippen LogP contribution in [0.15, 0.2) is 57.7 Å². The average molecular weight is 554 g/mol. The molecule has 0 atom stereocenters. The second-order valence-corrected chi connectivity index (χ2v) is 8.70. The largest absolute Gasteiger partial charge is 0.489 e. The predicted molar refractivity (Wildman–Crippen MR) is 125 cm³/mol. The zero-order valence-electron chi connectivity index (χ0n) is 17.1. The molecule has 0 aliphatic heterocycles. The van der Waals surface area contributed by atoms with Crippen LogP contribution in [0.25, 0.3) is 0 Å². The highest BCUT2D eigenvalue weighted by atomic mass is 79.9. The standard InChI is InChI=1S/C22H16BrCl2FN4O3/c1-12-16(11-32-15-5-3-14(26)4-6-15)20(29-33-12)22(31)27-21-17(23)10-30(28-21)9-13-2-7-18(24)19(25)8-13/h2-8,10H,9,11H2,1H3,(H,27,28,31). The summed E-state index contributed by atoms with van der Waals surface area (Å²) in [6.45, 7) is 2.12. The van der Waals surface area contributed by atoms with Gasteiger partial charge in [0.05, 0.1) is 26.6 Å². The third kappa shape index (κ3) is 5.55. The minimum absolute atomic E-state index is 0.0245. The molecule has 7 nitrogen and oxygen atoms in total. The summed E-state index contributed by atoms with van der Waals surface area (Å²) in [7, 11) is 0. The van der Waals surface area contributed by atoms with E-state index in [1.165, 1.54) is 24.3 Å². The Balaban J connectivity index is 1.46. The second kappa shape index (κ2) is 9.94. The monoisotopic (exact) mass is 552 g/mol. The van der Waals surface area contributed by atoms with E-state index < -0.39 is 5.91 Å². The van der Waals surface area contributed by atoms with Crippen molar-refractivity contribution in [1.82, 2.24) is 14.9 Å². The fraction of sp³-hybridized carbons (Fsp3) is 0.136. The first-order valence-corrected chi connectivity index (χ1v) is 11.2. The first-order chi connectivity index (χ1) is 15.8. The molecule has 4 aromatic rings. The van der Waals surface area contributed by atoms with Crippen molar-refractivity contribution in [2.24, 2.45) is 0 Å². The maximum atomic E-state index is 13.1. The lowest BCUT2D eigenvalue weighted by Gasteiger charge is -2.07. The van der Waals surface area contributed by atoms with Crippen LogP contribution >= 0.6 is 39.1 Å². The topological polar surface area (TPSA) is 82.2 Å². The normalized spacial score (nSPS) is 10.9. The van der Waals surface area contributed by atoms with Crippen molar-refractivity contribution in [3.05, 3.63) is 91.6 Å². The van der Waals surface area contributed by atoms with E-state index in [1.807, 2.05) is 6.07 Å². The van der Waals surface area contributed by atoms with E-state index >= 15 is 0 Å². The quantitative estimate of drug-likeness (QED) is 0.292. The van der Waals surface area contributed by atoms with Gasteiger partial charge in [0.15, 0.2) is 11.5 Å². The van der Waals surface area contributed by atoms with Gasteiger partial charge in [-0.25, -0.2) is 4.39 Å². The molecule has 0 bridgehead atoms. The molecule has 0 radical (unpaired) electrons. The van der Waals surface area contributed by atoms with E-state index in [9.17, 15) is 9.18 Å². The summed E-state index contributed by atoms with van der Waals surface area (Å²) < 4.78 is 26.1. The molecular formula is C22H16BrCl2FN4O3. The molecule has 4 rings (SSSR count). The average Bonchev–Trinajstić information content (AvgIpc) is 3.32. The first-order valence-electron chi connectivity index (χ1n) is 9.62. The SMILES string of the molecule is Cc1onc(C(=O)Nc2nn(Cc3ccc(Cl)c(Cl)c3)cc2Br)c1COc1ccc(F)cc1. The number of hydrogen-bond acceptors (Lipinski definition) is 5. The molecule has 2 heterocycles. The molecule has 11 heteroatoms. The van der Waals surface area contributed by atoms with Gasteiger partial charge in [-0.05, 0) is 64.8 Å². The zero-order valence-corrected chi connectivity index (χ0v) is 20.2. The molecule has 0 saturated carbocycles. The van der Waals surface area contributed by atoms with Crippen LogP contribution < -0.4 is 10.1 Å². The fourth-order valence-electron chi connectivity index (χ4n) is 2.98. The van der Waals surface area contributed by atoms with Crippen LogP contribution in [0, 0.1) is 12.7 Å². The number of anilines is 1. The molecule has 2 aromatic carbocycles. The number of halogens is 4. The smallest absolute Gasteiger partial charge is 0.279 e. The molecule has 170 valence electrons. The second-order valence-electron chi connectivity index (χ2n) is 7.03. The highest BCUT2D eigenvalue weighted by molar-refractivity contribution is 9.10. The molecule has 2 aromatic heterocycles. The van der Waals surface area contributed by atoms with Crippen molar-refractivity contribution in [2.45, 2.75) is 20.1 Å². The minimum atomic E-state index is -0.509. The third-order valence-corrected chi connectivity index (χ3v) is 5.99. The molecular weight excluding hydrogens is 538 g/mol. The lowest BCUT2D eigenvalue weighted by atomic mass is 10.2. The van der Waals surface area contributed by atoms with Gasteiger partial charge >= 0.3 is 0 Å². The van der Waals surface area contributed by atoms with Crippen molar-refractivity contribution in [3.8, 4) is 5.75 Å². The van der Waals surface area contributed by atoms with Gasteiger partial charge in [0.1, 0.15) is 23.9 Å². The van der Waals surface area contributed by atoms with Crippen LogP contribution in [-0.2, 0) is 13.2 Å². The number of nitrogens with one attached hydrogen (secondary N) is 1. The molecule has 0 spiro atoms. The van der Waals surface area contributed by atoms with Gasteiger partial charge < -0.3 is 14.6 Å². The summed E-state index contributed by atoms with van der Waals surface area (Å²) >= 11 is 15.4. The highest BCUT2D eigenvalue weighted by Crippen LogP contribution is 2.26. The number of carbonyl (C=O) groups excluding carboxylic acids is 1. The molecule has 1 N–H and O–H groups in total. The summed E-state index contributed by atoms with van der Waals surface area (Å²) in [6.07, 6.45) is 1.73. The molecule has 1 amide bonds. The Hall–Kier alpha value is -2.88. The maximum Gasteiger partial charge on any atom is 0.279 e. The van der Waals surface area contributed by atoms with Crippen LogP contribution in [0.3, 0.4) is 0 Å². The van der Waals surface area contributed by atoms with Crippen molar-refractivity contribution in [2.75, 3.05) is 5.32 Å². The van der Waals surface area contributed by atoms with Gasteiger partial charge in [-0.3, -0.25) is 9.48 Å². The Kier molecular flexibility index (Phi) is 7.02. The number of aryl methyl sites for hydroxylation is 1. The lowest BCUT2D eigenvalue weighted by Crippen LogP contribution is -2.16. The molecule has 33 heavy (non-hydrogen) atoms. The number of nitrogens with zero attached hydrogens (tertiary/aromatic N) is 3. The number of benzene rings is 2. The first kappa shape index (κ1) is 23.3.